The standard InChI is InChI=1S/2C11H16O3.C10H16O2.2CH4.S2/c2*1-6-3-4-8-7(2)5-9(12)14-11(8)10(6)13;1-6(2)8-5-4-7(3)9(11)10(8)12;;;1-2/h2*3,7-8,10-11,13H,4-5H2,1-2H3;4,8-12H,1,5H2,2-3H3;2*1H4;/t7-,8+,10+,11+;7-,8-,10-,11-;8-,9-,10-;;;/m011.../s1. The molecule has 44 heavy (non-hydrogen) atoms. The van der Waals surface area contributed by atoms with Crippen LogP contribution in [-0.2, 0) is 41.4 Å². The highest BCUT2D eigenvalue weighted by atomic mass is 32.8. The summed E-state index contributed by atoms with van der Waals surface area (Å²) in [6.07, 6.45) is 6.49. The molecule has 0 spiro atoms. The Balaban J connectivity index is 0.000000601. The molecule has 0 saturated carbocycles. The molecule has 0 bridgehead atoms. The van der Waals surface area contributed by atoms with Crippen LogP contribution in [0.25, 0.3) is 0 Å². The van der Waals surface area contributed by atoms with E-state index in [1.165, 1.54) is 0 Å². The normalized spacial score (nSPS) is 37.0. The van der Waals surface area contributed by atoms with Crippen molar-refractivity contribution in [2.24, 2.45) is 29.6 Å². The summed E-state index contributed by atoms with van der Waals surface area (Å²) in [6, 6.07) is 0. The number of carbonyl (C=O) groups excluding carboxylic acids is 2. The highest BCUT2D eigenvalue weighted by Crippen LogP contribution is 2.38. The van der Waals surface area contributed by atoms with Gasteiger partial charge in [0.2, 0.25) is 0 Å². The van der Waals surface area contributed by atoms with E-state index < -0.39 is 24.4 Å². The number of allylic oxidation sites excluding steroid dienone is 3. The summed E-state index contributed by atoms with van der Waals surface area (Å²) >= 11 is 7.33. The van der Waals surface area contributed by atoms with Gasteiger partial charge < -0.3 is 29.9 Å². The number of aliphatic hydroxyl groups is 4. The second-order valence-corrected chi connectivity index (χ2v) is 12.4. The molecule has 2 heterocycles. The molecule has 8 nitrogen and oxygen atoms in total. The SMILES string of the molecule is C.C.C=C(C)[C@H]1CC=C(C)[C@@H](O)[C@@H]1O.CC1=CC[C@H]2[C@@H](OC(=O)C[C@@H]2C)[C@@H]1O.CC1=CC[C@H]2[C@@H](OC(=O)C[C@H]2C)[C@@H]1O.S=S. The minimum Gasteiger partial charge on any atom is -0.459 e. The first-order chi connectivity index (χ1) is 19.7. The number of rotatable bonds is 1. The summed E-state index contributed by atoms with van der Waals surface area (Å²) in [5, 5.41) is 38.9. The molecular weight excluding hydrogens is 601 g/mol. The Hall–Kier alpha value is -1.82. The lowest BCUT2D eigenvalue weighted by Gasteiger charge is -2.40. The monoisotopic (exact) mass is 656 g/mol. The molecule has 0 aromatic carbocycles. The Bertz CT molecular complexity index is 1010. The first-order valence-corrected chi connectivity index (χ1v) is 16.0. The minimum absolute atomic E-state index is 0. The molecule has 4 N–H and O–H groups in total. The summed E-state index contributed by atoms with van der Waals surface area (Å²) in [5.74, 6) is 0.905. The van der Waals surface area contributed by atoms with Gasteiger partial charge in [0.05, 0.1) is 6.10 Å². The average Bonchev–Trinajstić information content (AvgIpc) is 2.93. The predicted molar refractivity (Wildman–Crippen MR) is 180 cm³/mol. The van der Waals surface area contributed by atoms with Gasteiger partial charge >= 0.3 is 11.9 Å². The van der Waals surface area contributed by atoms with Crippen molar-refractivity contribution in [2.45, 2.75) is 125 Å². The van der Waals surface area contributed by atoms with E-state index in [-0.39, 0.29) is 44.9 Å². The number of esters is 2. The highest BCUT2D eigenvalue weighted by Gasteiger charge is 2.43. The van der Waals surface area contributed by atoms with Crippen molar-refractivity contribution in [2.75, 3.05) is 0 Å². The van der Waals surface area contributed by atoms with E-state index in [0.717, 1.165) is 41.6 Å². The fourth-order valence-corrected chi connectivity index (χ4v) is 6.34. The zero-order chi connectivity index (χ0) is 31.9. The summed E-state index contributed by atoms with van der Waals surface area (Å²) in [6.45, 7) is 15.4. The van der Waals surface area contributed by atoms with E-state index in [4.69, 9.17) is 9.47 Å². The molecule has 3 aliphatic carbocycles. The second-order valence-electron chi connectivity index (χ2n) is 12.4. The maximum Gasteiger partial charge on any atom is 0.306 e. The zero-order valence-electron chi connectivity index (χ0n) is 25.6. The van der Waals surface area contributed by atoms with Gasteiger partial charge in [-0.15, -0.1) is 0 Å². The minimum atomic E-state index is -0.708. The van der Waals surface area contributed by atoms with Crippen LogP contribution < -0.4 is 0 Å². The summed E-state index contributed by atoms with van der Waals surface area (Å²) in [7, 11) is 0. The van der Waals surface area contributed by atoms with E-state index in [1.54, 1.807) is 0 Å². The van der Waals surface area contributed by atoms with Gasteiger partial charge in [0.25, 0.3) is 0 Å². The lowest BCUT2D eigenvalue weighted by atomic mass is 9.75. The van der Waals surface area contributed by atoms with Crippen LogP contribution in [0.5, 0.6) is 0 Å². The Kier molecular flexibility index (Phi) is 18.2. The van der Waals surface area contributed by atoms with Gasteiger partial charge in [0.15, 0.2) is 0 Å². The molecule has 0 radical (unpaired) electrons. The summed E-state index contributed by atoms with van der Waals surface area (Å²) < 4.78 is 10.4. The number of hydrogen-bond acceptors (Lipinski definition) is 10. The number of hydrogen-bond donors (Lipinski definition) is 4. The molecular formula is C34H56O8S2. The van der Waals surface area contributed by atoms with E-state index in [1.807, 2.05) is 33.8 Å². The maximum atomic E-state index is 11.2. The van der Waals surface area contributed by atoms with Gasteiger partial charge in [-0.05, 0) is 75.5 Å². The number of ether oxygens (including phenoxy) is 2. The number of fused-ring (bicyclic) bond motifs is 2. The average molecular weight is 657 g/mol. The summed E-state index contributed by atoms with van der Waals surface area (Å²) in [4.78, 5) is 22.5. The zero-order valence-corrected chi connectivity index (χ0v) is 27.2. The number of carbonyl (C=O) groups is 2. The molecule has 2 saturated heterocycles. The highest BCUT2D eigenvalue weighted by molar-refractivity contribution is 8.07. The topological polar surface area (TPSA) is 134 Å². The van der Waals surface area contributed by atoms with Gasteiger partial charge in [0, 0.05) is 53.0 Å². The number of aliphatic hydroxyl groups excluding tert-OH is 4. The third kappa shape index (κ3) is 10.4. The van der Waals surface area contributed by atoms with E-state index >= 15 is 0 Å². The van der Waals surface area contributed by atoms with Crippen LogP contribution in [0.4, 0.5) is 0 Å². The van der Waals surface area contributed by atoms with Gasteiger partial charge in [-0.1, -0.05) is 59.1 Å². The van der Waals surface area contributed by atoms with Gasteiger partial charge in [0.1, 0.15) is 30.5 Å². The van der Waals surface area contributed by atoms with Crippen LogP contribution in [0, 0.1) is 29.6 Å². The maximum absolute atomic E-state index is 11.2. The lowest BCUT2D eigenvalue weighted by Crippen LogP contribution is -2.47. The van der Waals surface area contributed by atoms with E-state index in [9.17, 15) is 30.0 Å². The molecule has 0 unspecified atom stereocenters. The van der Waals surface area contributed by atoms with E-state index in [0.29, 0.717) is 36.5 Å². The molecule has 0 aromatic heterocycles. The summed E-state index contributed by atoms with van der Waals surface area (Å²) in [5.41, 5.74) is 3.65. The molecule has 252 valence electrons. The van der Waals surface area contributed by atoms with Crippen LogP contribution in [0.1, 0.15) is 88.5 Å². The van der Waals surface area contributed by atoms with Gasteiger partial charge in [-0.3, -0.25) is 9.59 Å². The lowest BCUT2D eigenvalue weighted by molar-refractivity contribution is -0.172. The Labute approximate surface area is 275 Å². The largest absolute Gasteiger partial charge is 0.459 e. The fraction of sp³-hybridized carbons (Fsp3) is 0.706. The Morgan fingerprint density at radius 2 is 1.07 bits per heavy atom. The second kappa shape index (κ2) is 19.0. The van der Waals surface area contributed by atoms with Gasteiger partial charge in [-0.25, -0.2) is 0 Å². The van der Waals surface area contributed by atoms with Crippen molar-refractivity contribution in [3.05, 3.63) is 47.1 Å². The first kappa shape index (κ1) is 42.2. The molecule has 0 aromatic rings. The molecule has 0 amide bonds. The fourth-order valence-electron chi connectivity index (χ4n) is 6.34. The van der Waals surface area contributed by atoms with E-state index in [2.05, 4.69) is 55.0 Å². The van der Waals surface area contributed by atoms with Crippen LogP contribution >= 0.6 is 0 Å². The van der Waals surface area contributed by atoms with Crippen LogP contribution in [-0.4, -0.2) is 69.0 Å². The third-order valence-corrected chi connectivity index (χ3v) is 9.33. The molecule has 5 rings (SSSR count). The smallest absolute Gasteiger partial charge is 0.306 e. The van der Waals surface area contributed by atoms with Crippen LogP contribution in [0.15, 0.2) is 47.1 Å². The van der Waals surface area contributed by atoms with Gasteiger partial charge in [-0.2, -0.15) is 0 Å². The molecule has 2 fully saturated rings. The predicted octanol–water partition coefficient (Wildman–Crippen LogP) is 5.05. The Morgan fingerprint density at radius 1 is 0.727 bits per heavy atom. The molecule has 11 atom stereocenters. The van der Waals surface area contributed by atoms with Crippen molar-refractivity contribution in [1.82, 2.24) is 0 Å². The molecule has 10 heteroatoms. The first-order valence-electron chi connectivity index (χ1n) is 14.7. The van der Waals surface area contributed by atoms with Crippen molar-refractivity contribution >= 4 is 34.3 Å². The van der Waals surface area contributed by atoms with Crippen molar-refractivity contribution < 1.29 is 39.5 Å². The van der Waals surface area contributed by atoms with Crippen molar-refractivity contribution in [3.63, 3.8) is 0 Å². The molecule has 5 aliphatic rings. The quantitative estimate of drug-likeness (QED) is 0.225. The Morgan fingerprint density at radius 3 is 1.43 bits per heavy atom. The third-order valence-electron chi connectivity index (χ3n) is 9.33. The van der Waals surface area contributed by atoms with Crippen LogP contribution in [0.2, 0.25) is 0 Å². The van der Waals surface area contributed by atoms with Crippen molar-refractivity contribution in [1.29, 1.82) is 0 Å². The van der Waals surface area contributed by atoms with Crippen LogP contribution in [0.3, 0.4) is 0 Å². The molecule has 2 aliphatic heterocycles. The van der Waals surface area contributed by atoms with Crippen molar-refractivity contribution in [3.8, 4) is 0 Å².